The van der Waals surface area contributed by atoms with Crippen molar-refractivity contribution < 1.29 is 9.53 Å². The lowest BCUT2D eigenvalue weighted by Crippen LogP contribution is -2.35. The van der Waals surface area contributed by atoms with E-state index in [1.54, 1.807) is 16.2 Å². The maximum Gasteiger partial charge on any atom is 0.322 e. The number of carbonyl (C=O) groups excluding carboxylic acids is 1. The lowest BCUT2D eigenvalue weighted by atomic mass is 10.2. The van der Waals surface area contributed by atoms with E-state index >= 15 is 0 Å². The Labute approximate surface area is 170 Å². The summed E-state index contributed by atoms with van der Waals surface area (Å²) in [5, 5.41) is 5.85. The monoisotopic (exact) mass is 395 g/mol. The van der Waals surface area contributed by atoms with Gasteiger partial charge in [0.25, 0.3) is 0 Å². The summed E-state index contributed by atoms with van der Waals surface area (Å²) in [6.45, 7) is 5.67. The van der Waals surface area contributed by atoms with Crippen molar-refractivity contribution >= 4 is 23.1 Å². The summed E-state index contributed by atoms with van der Waals surface area (Å²) in [7, 11) is 0. The van der Waals surface area contributed by atoms with Gasteiger partial charge in [-0.25, -0.2) is 9.78 Å². The number of hydrogen-bond acceptors (Lipinski definition) is 4. The summed E-state index contributed by atoms with van der Waals surface area (Å²) >= 11 is 1.55. The quantitative estimate of drug-likeness (QED) is 0.550. The topological polar surface area (TPSA) is 54.5 Å². The van der Waals surface area contributed by atoms with Crippen LogP contribution in [0.3, 0.4) is 0 Å². The van der Waals surface area contributed by atoms with E-state index in [2.05, 4.69) is 17.2 Å². The highest BCUT2D eigenvalue weighted by Crippen LogP contribution is 2.17. The zero-order valence-electron chi connectivity index (χ0n) is 16.2. The van der Waals surface area contributed by atoms with Crippen LogP contribution in [-0.4, -0.2) is 22.5 Å². The molecule has 0 bridgehead atoms. The van der Waals surface area contributed by atoms with Crippen molar-refractivity contribution in [2.75, 3.05) is 11.9 Å². The molecule has 2 aromatic carbocycles. The molecule has 3 aromatic rings. The van der Waals surface area contributed by atoms with Crippen LogP contribution in [0.15, 0.2) is 60.0 Å². The number of amides is 2. The molecular weight excluding hydrogens is 370 g/mol. The van der Waals surface area contributed by atoms with Crippen LogP contribution in [0.4, 0.5) is 10.5 Å². The third-order valence-corrected chi connectivity index (χ3v) is 5.01. The maximum atomic E-state index is 12.7. The van der Waals surface area contributed by atoms with E-state index in [9.17, 15) is 4.79 Å². The Kier molecular flexibility index (Phi) is 7.03. The molecule has 0 saturated heterocycles. The average Bonchev–Trinajstić information content (AvgIpc) is 3.16. The number of thiazole rings is 1. The molecular formula is C22H25N3O2S. The van der Waals surface area contributed by atoms with Crippen molar-refractivity contribution in [3.8, 4) is 5.75 Å². The van der Waals surface area contributed by atoms with Crippen molar-refractivity contribution in [3.63, 3.8) is 0 Å². The number of aromatic nitrogens is 1. The smallest absolute Gasteiger partial charge is 0.322 e. The van der Waals surface area contributed by atoms with Gasteiger partial charge in [-0.2, -0.15) is 0 Å². The van der Waals surface area contributed by atoms with Crippen molar-refractivity contribution in [1.29, 1.82) is 0 Å². The van der Waals surface area contributed by atoms with E-state index in [0.717, 1.165) is 34.1 Å². The Hall–Kier alpha value is -2.86. The summed E-state index contributed by atoms with van der Waals surface area (Å²) in [5.74, 6) is 0.823. The molecule has 1 heterocycles. The number of para-hydroxylation sites is 1. The molecule has 0 aliphatic carbocycles. The van der Waals surface area contributed by atoms with Crippen molar-refractivity contribution in [2.45, 2.75) is 33.4 Å². The Balaban J connectivity index is 1.58. The summed E-state index contributed by atoms with van der Waals surface area (Å²) in [6.07, 6.45) is 0.884. The van der Waals surface area contributed by atoms with Gasteiger partial charge in [0.1, 0.15) is 17.4 Å². The fourth-order valence-electron chi connectivity index (χ4n) is 2.71. The van der Waals surface area contributed by atoms with Gasteiger partial charge in [-0.3, -0.25) is 0 Å². The first-order valence-electron chi connectivity index (χ1n) is 9.37. The number of nitrogens with one attached hydrogen (secondary N) is 1. The number of nitrogens with zero attached hydrogens (tertiary/aromatic N) is 2. The zero-order chi connectivity index (χ0) is 19.8. The van der Waals surface area contributed by atoms with Crippen LogP contribution >= 0.6 is 11.3 Å². The van der Waals surface area contributed by atoms with E-state index in [0.29, 0.717) is 19.7 Å². The minimum absolute atomic E-state index is 0.110. The summed E-state index contributed by atoms with van der Waals surface area (Å²) < 4.78 is 5.75. The molecule has 0 aliphatic heterocycles. The van der Waals surface area contributed by atoms with Gasteiger partial charge in [0, 0.05) is 17.6 Å². The van der Waals surface area contributed by atoms with Gasteiger partial charge < -0.3 is 15.0 Å². The maximum absolute atomic E-state index is 12.7. The van der Waals surface area contributed by atoms with Gasteiger partial charge in [-0.05, 0) is 37.6 Å². The van der Waals surface area contributed by atoms with Gasteiger partial charge in [0.2, 0.25) is 0 Å². The van der Waals surface area contributed by atoms with Crippen molar-refractivity contribution in [2.24, 2.45) is 0 Å². The Morgan fingerprint density at radius 2 is 1.89 bits per heavy atom. The highest BCUT2D eigenvalue weighted by atomic mass is 32.1. The fourth-order valence-corrected chi connectivity index (χ4v) is 3.40. The van der Waals surface area contributed by atoms with Crippen molar-refractivity contribution in [3.05, 3.63) is 76.2 Å². The second-order valence-corrected chi connectivity index (χ2v) is 7.49. The van der Waals surface area contributed by atoms with Gasteiger partial charge in [-0.15, -0.1) is 11.3 Å². The van der Waals surface area contributed by atoms with E-state index in [1.807, 2.05) is 66.9 Å². The highest BCUT2D eigenvalue weighted by Gasteiger charge is 2.15. The predicted molar refractivity (Wildman–Crippen MR) is 114 cm³/mol. The van der Waals surface area contributed by atoms with Gasteiger partial charge >= 0.3 is 6.03 Å². The Bertz CT molecular complexity index is 878. The third-order valence-electron chi connectivity index (χ3n) is 4.14. The van der Waals surface area contributed by atoms with E-state index in [-0.39, 0.29) is 6.03 Å². The number of urea groups is 1. The number of ether oxygens (including phenoxy) is 1. The van der Waals surface area contributed by atoms with Gasteiger partial charge in [0.15, 0.2) is 0 Å². The molecule has 0 unspecified atom stereocenters. The molecule has 1 N–H and O–H groups in total. The first-order chi connectivity index (χ1) is 13.6. The van der Waals surface area contributed by atoms with Crippen LogP contribution < -0.4 is 10.1 Å². The molecule has 0 fully saturated rings. The minimum Gasteiger partial charge on any atom is -0.486 e. The molecule has 146 valence electrons. The molecule has 28 heavy (non-hydrogen) atoms. The molecule has 2 amide bonds. The second-order valence-electron chi connectivity index (χ2n) is 6.55. The van der Waals surface area contributed by atoms with E-state index < -0.39 is 0 Å². The summed E-state index contributed by atoms with van der Waals surface area (Å²) in [5.41, 5.74) is 2.84. The normalized spacial score (nSPS) is 10.5. The zero-order valence-corrected chi connectivity index (χ0v) is 17.0. The first kappa shape index (κ1) is 19.9. The molecule has 6 heteroatoms. The number of anilines is 1. The van der Waals surface area contributed by atoms with Crippen molar-refractivity contribution in [1.82, 2.24) is 9.88 Å². The van der Waals surface area contributed by atoms with Crippen LogP contribution in [0.2, 0.25) is 0 Å². The number of aryl methyl sites for hydroxylation is 1. The fraction of sp³-hybridized carbons (Fsp3) is 0.273. The van der Waals surface area contributed by atoms with Crippen LogP contribution in [0, 0.1) is 6.92 Å². The number of carbonyl (C=O) groups is 1. The van der Waals surface area contributed by atoms with Crippen LogP contribution in [0.25, 0.3) is 0 Å². The Morgan fingerprint density at radius 1 is 1.14 bits per heavy atom. The highest BCUT2D eigenvalue weighted by molar-refractivity contribution is 7.09. The third kappa shape index (κ3) is 5.82. The van der Waals surface area contributed by atoms with Crippen LogP contribution in [0.5, 0.6) is 5.75 Å². The van der Waals surface area contributed by atoms with E-state index in [1.165, 1.54) is 0 Å². The second kappa shape index (κ2) is 9.90. The molecule has 0 atom stereocenters. The lowest BCUT2D eigenvalue weighted by Gasteiger charge is -2.21. The van der Waals surface area contributed by atoms with Gasteiger partial charge in [0.05, 0.1) is 12.2 Å². The molecule has 0 radical (unpaired) electrons. The van der Waals surface area contributed by atoms with Gasteiger partial charge in [-0.1, -0.05) is 42.8 Å². The minimum atomic E-state index is -0.110. The standard InChI is InChI=1S/C22H25N3O2S/c1-3-13-25(22(26)24-18-11-9-17(2)10-12-18)14-19-16-28-21(23-19)15-27-20-7-5-4-6-8-20/h4-12,16H,3,13-15H2,1-2H3,(H,24,26). The molecule has 1 aromatic heterocycles. The number of rotatable bonds is 8. The summed E-state index contributed by atoms with van der Waals surface area (Å²) in [6, 6.07) is 17.4. The predicted octanol–water partition coefficient (Wildman–Crippen LogP) is 5.47. The Morgan fingerprint density at radius 3 is 2.61 bits per heavy atom. The molecule has 0 saturated carbocycles. The summed E-state index contributed by atoms with van der Waals surface area (Å²) in [4.78, 5) is 19.1. The molecule has 0 aliphatic rings. The first-order valence-corrected chi connectivity index (χ1v) is 10.3. The number of hydrogen-bond donors (Lipinski definition) is 1. The van der Waals surface area contributed by atoms with E-state index in [4.69, 9.17) is 4.74 Å². The number of benzene rings is 2. The average molecular weight is 396 g/mol. The SMILES string of the molecule is CCCN(Cc1csc(COc2ccccc2)n1)C(=O)Nc1ccc(C)cc1. The van der Waals surface area contributed by atoms with Crippen LogP contribution in [0.1, 0.15) is 29.6 Å². The molecule has 0 spiro atoms. The largest absolute Gasteiger partial charge is 0.486 e. The lowest BCUT2D eigenvalue weighted by molar-refractivity contribution is 0.208. The molecule has 3 rings (SSSR count). The molecule has 5 nitrogen and oxygen atoms in total. The van der Waals surface area contributed by atoms with Crippen LogP contribution in [-0.2, 0) is 13.2 Å².